The predicted octanol–water partition coefficient (Wildman–Crippen LogP) is 3.76. The second kappa shape index (κ2) is 6.32. The van der Waals surface area contributed by atoms with Crippen molar-refractivity contribution in [2.24, 2.45) is 11.8 Å². The zero-order chi connectivity index (χ0) is 11.3. The maximum absolute atomic E-state index is 4.14. The summed E-state index contributed by atoms with van der Waals surface area (Å²) in [4.78, 5) is 0. The standard InChI is InChI=1S/C14H27N/c1-5-9-15-14(10-11(3)6-2)12(4)13-7-8-13/h12-15H,3,5-10H2,1-2,4H3. The normalized spacial score (nSPS) is 19.9. The Bertz CT molecular complexity index is 194. The van der Waals surface area contributed by atoms with Gasteiger partial charge >= 0.3 is 0 Å². The maximum Gasteiger partial charge on any atom is 0.0132 e. The van der Waals surface area contributed by atoms with E-state index in [2.05, 4.69) is 32.7 Å². The van der Waals surface area contributed by atoms with Gasteiger partial charge in [0.25, 0.3) is 0 Å². The molecule has 1 rings (SSSR count). The highest BCUT2D eigenvalue weighted by Gasteiger charge is 2.32. The Morgan fingerprint density at radius 3 is 2.53 bits per heavy atom. The van der Waals surface area contributed by atoms with Crippen LogP contribution in [0.15, 0.2) is 12.2 Å². The fourth-order valence-electron chi connectivity index (χ4n) is 2.18. The molecule has 0 radical (unpaired) electrons. The summed E-state index contributed by atoms with van der Waals surface area (Å²) in [6, 6.07) is 0.671. The van der Waals surface area contributed by atoms with Crippen LogP contribution >= 0.6 is 0 Å². The molecule has 1 N–H and O–H groups in total. The second-order valence-electron chi connectivity index (χ2n) is 5.06. The number of nitrogens with one attached hydrogen (secondary N) is 1. The summed E-state index contributed by atoms with van der Waals surface area (Å²) in [7, 11) is 0. The first-order valence-electron chi connectivity index (χ1n) is 6.59. The fraction of sp³-hybridized carbons (Fsp3) is 0.857. The van der Waals surface area contributed by atoms with E-state index in [0.29, 0.717) is 6.04 Å². The number of rotatable bonds is 8. The summed E-state index contributed by atoms with van der Waals surface area (Å²) in [5.74, 6) is 1.82. The topological polar surface area (TPSA) is 12.0 Å². The first-order chi connectivity index (χ1) is 7.19. The lowest BCUT2D eigenvalue weighted by molar-refractivity contribution is 0.338. The van der Waals surface area contributed by atoms with Gasteiger partial charge in [0.1, 0.15) is 0 Å². The maximum atomic E-state index is 4.14. The van der Waals surface area contributed by atoms with Gasteiger partial charge in [-0.2, -0.15) is 0 Å². The molecule has 0 aromatic heterocycles. The van der Waals surface area contributed by atoms with E-state index in [4.69, 9.17) is 0 Å². The average molecular weight is 209 g/mol. The van der Waals surface area contributed by atoms with Crippen molar-refractivity contribution in [3.8, 4) is 0 Å². The Hall–Kier alpha value is -0.300. The Kier molecular flexibility index (Phi) is 5.38. The van der Waals surface area contributed by atoms with Crippen LogP contribution in [0.1, 0.15) is 52.9 Å². The highest BCUT2D eigenvalue weighted by Crippen LogP contribution is 2.39. The zero-order valence-corrected chi connectivity index (χ0v) is 10.7. The van der Waals surface area contributed by atoms with E-state index >= 15 is 0 Å². The van der Waals surface area contributed by atoms with E-state index < -0.39 is 0 Å². The van der Waals surface area contributed by atoms with Gasteiger partial charge in [-0.3, -0.25) is 0 Å². The molecule has 0 amide bonds. The number of hydrogen-bond acceptors (Lipinski definition) is 1. The van der Waals surface area contributed by atoms with Crippen LogP contribution in [-0.2, 0) is 0 Å². The third-order valence-electron chi connectivity index (χ3n) is 3.67. The van der Waals surface area contributed by atoms with Crippen molar-refractivity contribution in [3.63, 3.8) is 0 Å². The second-order valence-corrected chi connectivity index (χ2v) is 5.06. The first-order valence-corrected chi connectivity index (χ1v) is 6.59. The van der Waals surface area contributed by atoms with Gasteiger partial charge < -0.3 is 5.32 Å². The van der Waals surface area contributed by atoms with Crippen LogP contribution < -0.4 is 5.32 Å². The van der Waals surface area contributed by atoms with Gasteiger partial charge in [0, 0.05) is 6.04 Å². The van der Waals surface area contributed by atoms with Crippen molar-refractivity contribution in [2.75, 3.05) is 6.54 Å². The Labute approximate surface area is 95.3 Å². The molecular formula is C14H27N. The molecule has 0 aliphatic heterocycles. The predicted molar refractivity (Wildman–Crippen MR) is 68.0 cm³/mol. The third kappa shape index (κ3) is 4.38. The van der Waals surface area contributed by atoms with Crippen LogP contribution in [-0.4, -0.2) is 12.6 Å². The van der Waals surface area contributed by atoms with Crippen molar-refractivity contribution in [1.82, 2.24) is 5.32 Å². The van der Waals surface area contributed by atoms with Crippen LogP contribution in [0.2, 0.25) is 0 Å². The monoisotopic (exact) mass is 209 g/mol. The Morgan fingerprint density at radius 2 is 2.07 bits per heavy atom. The van der Waals surface area contributed by atoms with Crippen LogP contribution in [0, 0.1) is 11.8 Å². The molecule has 1 saturated carbocycles. The SMILES string of the molecule is C=C(CC)CC(NCCC)C(C)C1CC1. The minimum Gasteiger partial charge on any atom is -0.313 e. The summed E-state index contributed by atoms with van der Waals surface area (Å²) in [5.41, 5.74) is 1.40. The van der Waals surface area contributed by atoms with Crippen LogP contribution in [0.3, 0.4) is 0 Å². The van der Waals surface area contributed by atoms with E-state index in [1.165, 1.54) is 31.3 Å². The van der Waals surface area contributed by atoms with Gasteiger partial charge in [-0.1, -0.05) is 32.9 Å². The quantitative estimate of drug-likeness (QED) is 0.600. The highest BCUT2D eigenvalue weighted by molar-refractivity contribution is 4.99. The van der Waals surface area contributed by atoms with Gasteiger partial charge in [-0.05, 0) is 50.5 Å². The largest absolute Gasteiger partial charge is 0.313 e. The molecule has 2 unspecified atom stereocenters. The summed E-state index contributed by atoms with van der Waals surface area (Å²) < 4.78 is 0. The van der Waals surface area contributed by atoms with Crippen LogP contribution in [0.5, 0.6) is 0 Å². The molecule has 2 atom stereocenters. The first kappa shape index (κ1) is 12.8. The molecule has 15 heavy (non-hydrogen) atoms. The highest BCUT2D eigenvalue weighted by atomic mass is 14.9. The van der Waals surface area contributed by atoms with Gasteiger partial charge in [0.05, 0.1) is 0 Å². The minimum absolute atomic E-state index is 0.671. The molecule has 0 aromatic rings. The number of hydrogen-bond donors (Lipinski definition) is 1. The molecular weight excluding hydrogens is 182 g/mol. The van der Waals surface area contributed by atoms with E-state index in [9.17, 15) is 0 Å². The van der Waals surface area contributed by atoms with Crippen LogP contribution in [0.4, 0.5) is 0 Å². The van der Waals surface area contributed by atoms with Crippen molar-refractivity contribution in [2.45, 2.75) is 58.9 Å². The van der Waals surface area contributed by atoms with E-state index in [0.717, 1.165) is 24.8 Å². The van der Waals surface area contributed by atoms with Crippen molar-refractivity contribution in [1.29, 1.82) is 0 Å². The average Bonchev–Trinajstić information content (AvgIpc) is 3.06. The summed E-state index contributed by atoms with van der Waals surface area (Å²) in [6.07, 6.45) is 6.43. The third-order valence-corrected chi connectivity index (χ3v) is 3.67. The fourth-order valence-corrected chi connectivity index (χ4v) is 2.18. The molecule has 0 aromatic carbocycles. The van der Waals surface area contributed by atoms with Crippen molar-refractivity contribution in [3.05, 3.63) is 12.2 Å². The Morgan fingerprint density at radius 1 is 1.40 bits per heavy atom. The Balaban J connectivity index is 2.39. The molecule has 0 saturated heterocycles. The smallest absolute Gasteiger partial charge is 0.0132 e. The summed E-state index contributed by atoms with van der Waals surface area (Å²) in [5, 5.41) is 3.69. The summed E-state index contributed by atoms with van der Waals surface area (Å²) >= 11 is 0. The molecule has 1 fully saturated rings. The molecule has 1 heteroatoms. The zero-order valence-electron chi connectivity index (χ0n) is 10.7. The molecule has 0 bridgehead atoms. The van der Waals surface area contributed by atoms with Crippen molar-refractivity contribution >= 4 is 0 Å². The molecule has 1 nitrogen and oxygen atoms in total. The van der Waals surface area contributed by atoms with Gasteiger partial charge in [-0.25, -0.2) is 0 Å². The van der Waals surface area contributed by atoms with Crippen molar-refractivity contribution < 1.29 is 0 Å². The molecule has 1 aliphatic carbocycles. The summed E-state index contributed by atoms with van der Waals surface area (Å²) in [6.45, 7) is 12.2. The molecule has 88 valence electrons. The lowest BCUT2D eigenvalue weighted by Crippen LogP contribution is -2.36. The lowest BCUT2D eigenvalue weighted by atomic mass is 9.91. The van der Waals surface area contributed by atoms with Gasteiger partial charge in [0.15, 0.2) is 0 Å². The van der Waals surface area contributed by atoms with Gasteiger partial charge in [0.2, 0.25) is 0 Å². The van der Waals surface area contributed by atoms with Crippen LogP contribution in [0.25, 0.3) is 0 Å². The molecule has 1 aliphatic rings. The van der Waals surface area contributed by atoms with E-state index in [1.807, 2.05) is 0 Å². The molecule has 0 heterocycles. The minimum atomic E-state index is 0.671. The van der Waals surface area contributed by atoms with E-state index in [1.54, 1.807) is 0 Å². The molecule has 0 spiro atoms. The van der Waals surface area contributed by atoms with E-state index in [-0.39, 0.29) is 0 Å². The van der Waals surface area contributed by atoms with Gasteiger partial charge in [-0.15, -0.1) is 0 Å². The lowest BCUT2D eigenvalue weighted by Gasteiger charge is -2.26.